The molecule has 0 aliphatic carbocycles. The van der Waals surface area contributed by atoms with Crippen molar-refractivity contribution in [3.05, 3.63) is 59.6 Å². The number of nitrogens with one attached hydrogen (secondary N) is 1. The molecule has 0 aliphatic heterocycles. The van der Waals surface area contributed by atoms with Crippen LogP contribution < -0.4 is 10.1 Å². The SMILES string of the molecule is CNCc1c(COc2ccc(C)nc2)oc2ccccc12. The van der Waals surface area contributed by atoms with Crippen LogP contribution in [0.5, 0.6) is 5.75 Å². The van der Waals surface area contributed by atoms with Crippen LogP contribution in [0.25, 0.3) is 11.0 Å². The fourth-order valence-electron chi connectivity index (χ4n) is 2.33. The van der Waals surface area contributed by atoms with Crippen LogP contribution in [0.3, 0.4) is 0 Å². The van der Waals surface area contributed by atoms with E-state index in [9.17, 15) is 0 Å². The van der Waals surface area contributed by atoms with E-state index in [0.717, 1.165) is 40.3 Å². The van der Waals surface area contributed by atoms with Crippen molar-refractivity contribution in [3.8, 4) is 5.75 Å². The minimum Gasteiger partial charge on any atom is -0.484 e. The van der Waals surface area contributed by atoms with Gasteiger partial charge in [-0.3, -0.25) is 4.98 Å². The zero-order chi connectivity index (χ0) is 14.7. The zero-order valence-corrected chi connectivity index (χ0v) is 12.2. The average molecular weight is 282 g/mol. The van der Waals surface area contributed by atoms with Crippen LogP contribution >= 0.6 is 0 Å². The number of hydrogen-bond acceptors (Lipinski definition) is 4. The zero-order valence-electron chi connectivity index (χ0n) is 12.2. The molecule has 2 heterocycles. The Kier molecular flexibility index (Phi) is 3.88. The molecule has 0 saturated carbocycles. The van der Waals surface area contributed by atoms with Gasteiger partial charge in [-0.2, -0.15) is 0 Å². The Hall–Kier alpha value is -2.33. The molecule has 0 unspecified atom stereocenters. The second-order valence-corrected chi connectivity index (χ2v) is 4.95. The highest BCUT2D eigenvalue weighted by Gasteiger charge is 2.13. The summed E-state index contributed by atoms with van der Waals surface area (Å²) in [7, 11) is 1.93. The Morgan fingerprint density at radius 3 is 2.81 bits per heavy atom. The first-order chi connectivity index (χ1) is 10.3. The lowest BCUT2D eigenvalue weighted by Gasteiger charge is -2.06. The standard InChI is InChI=1S/C17H18N2O2/c1-12-7-8-13(9-19-12)20-11-17-15(10-18-2)14-5-3-4-6-16(14)21-17/h3-9,18H,10-11H2,1-2H3. The Labute approximate surface area is 123 Å². The van der Waals surface area contributed by atoms with Gasteiger partial charge in [0.25, 0.3) is 0 Å². The highest BCUT2D eigenvalue weighted by atomic mass is 16.5. The fraction of sp³-hybridized carbons (Fsp3) is 0.235. The third kappa shape index (κ3) is 2.90. The van der Waals surface area contributed by atoms with Gasteiger partial charge in [-0.15, -0.1) is 0 Å². The number of rotatable bonds is 5. The first-order valence-electron chi connectivity index (χ1n) is 6.97. The second kappa shape index (κ2) is 5.97. The maximum Gasteiger partial charge on any atom is 0.147 e. The molecule has 4 heteroatoms. The molecule has 0 fully saturated rings. The summed E-state index contributed by atoms with van der Waals surface area (Å²) in [6.45, 7) is 3.10. The van der Waals surface area contributed by atoms with Gasteiger partial charge in [0.15, 0.2) is 0 Å². The molecule has 0 spiro atoms. The molecule has 0 atom stereocenters. The molecule has 2 aromatic heterocycles. The van der Waals surface area contributed by atoms with Gasteiger partial charge in [0, 0.05) is 23.2 Å². The second-order valence-electron chi connectivity index (χ2n) is 4.95. The van der Waals surface area contributed by atoms with E-state index in [1.807, 2.05) is 44.3 Å². The highest BCUT2D eigenvalue weighted by Crippen LogP contribution is 2.26. The van der Waals surface area contributed by atoms with Gasteiger partial charge < -0.3 is 14.5 Å². The lowest BCUT2D eigenvalue weighted by atomic mass is 10.1. The average Bonchev–Trinajstić information content (AvgIpc) is 2.85. The van der Waals surface area contributed by atoms with E-state index >= 15 is 0 Å². The van der Waals surface area contributed by atoms with Crippen molar-refractivity contribution in [2.24, 2.45) is 0 Å². The molecule has 108 valence electrons. The number of aromatic nitrogens is 1. The van der Waals surface area contributed by atoms with Crippen molar-refractivity contribution in [2.75, 3.05) is 7.05 Å². The Balaban J connectivity index is 1.85. The monoisotopic (exact) mass is 282 g/mol. The van der Waals surface area contributed by atoms with Gasteiger partial charge in [0.1, 0.15) is 23.7 Å². The van der Waals surface area contributed by atoms with Crippen LogP contribution in [0, 0.1) is 6.92 Å². The van der Waals surface area contributed by atoms with Crippen molar-refractivity contribution in [1.29, 1.82) is 0 Å². The van der Waals surface area contributed by atoms with E-state index < -0.39 is 0 Å². The Morgan fingerprint density at radius 1 is 1.19 bits per heavy atom. The lowest BCUT2D eigenvalue weighted by Crippen LogP contribution is -2.07. The number of ether oxygens (including phenoxy) is 1. The van der Waals surface area contributed by atoms with Crippen molar-refractivity contribution < 1.29 is 9.15 Å². The molecule has 3 rings (SSSR count). The van der Waals surface area contributed by atoms with Crippen molar-refractivity contribution in [3.63, 3.8) is 0 Å². The van der Waals surface area contributed by atoms with Gasteiger partial charge in [-0.1, -0.05) is 18.2 Å². The molecule has 1 aromatic carbocycles. The summed E-state index contributed by atoms with van der Waals surface area (Å²) in [6, 6.07) is 11.9. The van der Waals surface area contributed by atoms with Crippen LogP contribution in [0.15, 0.2) is 47.0 Å². The summed E-state index contributed by atoms with van der Waals surface area (Å²) in [6.07, 6.45) is 1.73. The number of benzene rings is 1. The van der Waals surface area contributed by atoms with E-state index in [1.165, 1.54) is 0 Å². The van der Waals surface area contributed by atoms with Crippen molar-refractivity contribution in [1.82, 2.24) is 10.3 Å². The molecule has 4 nitrogen and oxygen atoms in total. The number of hydrogen-bond donors (Lipinski definition) is 1. The summed E-state index contributed by atoms with van der Waals surface area (Å²) in [5.74, 6) is 1.60. The smallest absolute Gasteiger partial charge is 0.147 e. The predicted molar refractivity (Wildman–Crippen MR) is 82.3 cm³/mol. The minimum atomic E-state index is 0.399. The fourth-order valence-corrected chi connectivity index (χ4v) is 2.33. The number of furan rings is 1. The first kappa shape index (κ1) is 13.6. The topological polar surface area (TPSA) is 47.3 Å². The lowest BCUT2D eigenvalue weighted by molar-refractivity contribution is 0.271. The molecule has 0 aliphatic rings. The minimum absolute atomic E-state index is 0.399. The number of aryl methyl sites for hydroxylation is 1. The van der Waals surface area contributed by atoms with Gasteiger partial charge >= 0.3 is 0 Å². The van der Waals surface area contributed by atoms with E-state index in [4.69, 9.17) is 9.15 Å². The molecule has 21 heavy (non-hydrogen) atoms. The maximum absolute atomic E-state index is 5.91. The van der Waals surface area contributed by atoms with Crippen molar-refractivity contribution in [2.45, 2.75) is 20.1 Å². The summed E-state index contributed by atoms with van der Waals surface area (Å²) >= 11 is 0. The van der Waals surface area contributed by atoms with Crippen LogP contribution in [-0.4, -0.2) is 12.0 Å². The molecule has 3 aromatic rings. The number of para-hydroxylation sites is 1. The summed E-state index contributed by atoms with van der Waals surface area (Å²) in [5, 5.41) is 4.31. The summed E-state index contributed by atoms with van der Waals surface area (Å²) < 4.78 is 11.7. The predicted octanol–water partition coefficient (Wildman–Crippen LogP) is 3.43. The molecule has 0 bridgehead atoms. The third-order valence-electron chi connectivity index (χ3n) is 3.39. The third-order valence-corrected chi connectivity index (χ3v) is 3.39. The van der Waals surface area contributed by atoms with Crippen LogP contribution in [0.2, 0.25) is 0 Å². The van der Waals surface area contributed by atoms with Crippen LogP contribution in [0.1, 0.15) is 17.0 Å². The number of pyridine rings is 1. The largest absolute Gasteiger partial charge is 0.484 e. The van der Waals surface area contributed by atoms with Crippen LogP contribution in [0.4, 0.5) is 0 Å². The van der Waals surface area contributed by atoms with Gasteiger partial charge in [-0.25, -0.2) is 0 Å². The Bertz CT molecular complexity index is 732. The highest BCUT2D eigenvalue weighted by molar-refractivity contribution is 5.82. The quantitative estimate of drug-likeness (QED) is 0.778. The molecule has 0 saturated heterocycles. The van der Waals surface area contributed by atoms with Crippen molar-refractivity contribution >= 4 is 11.0 Å². The molecule has 0 radical (unpaired) electrons. The van der Waals surface area contributed by atoms with E-state index in [2.05, 4.69) is 16.4 Å². The maximum atomic E-state index is 5.91. The van der Waals surface area contributed by atoms with Gasteiger partial charge in [0.2, 0.25) is 0 Å². The number of fused-ring (bicyclic) bond motifs is 1. The van der Waals surface area contributed by atoms with E-state index in [-0.39, 0.29) is 0 Å². The Morgan fingerprint density at radius 2 is 2.05 bits per heavy atom. The van der Waals surface area contributed by atoms with Crippen LogP contribution in [-0.2, 0) is 13.2 Å². The summed E-state index contributed by atoms with van der Waals surface area (Å²) in [4.78, 5) is 4.22. The molecule has 1 N–H and O–H groups in total. The first-order valence-corrected chi connectivity index (χ1v) is 6.97. The number of nitrogens with zero attached hydrogens (tertiary/aromatic N) is 1. The van der Waals surface area contributed by atoms with E-state index in [0.29, 0.717) is 6.61 Å². The molecule has 0 amide bonds. The summed E-state index contributed by atoms with van der Waals surface area (Å²) in [5.41, 5.74) is 3.01. The molecular weight excluding hydrogens is 264 g/mol. The van der Waals surface area contributed by atoms with Gasteiger partial charge in [-0.05, 0) is 32.2 Å². The van der Waals surface area contributed by atoms with Gasteiger partial charge in [0.05, 0.1) is 6.20 Å². The van der Waals surface area contributed by atoms with E-state index in [1.54, 1.807) is 6.20 Å². The molecular formula is C17H18N2O2. The normalized spacial score (nSPS) is 11.0.